The van der Waals surface area contributed by atoms with Crippen LogP contribution in [-0.2, 0) is 36.8 Å². The first-order chi connectivity index (χ1) is 27.0. The minimum Gasteiger partial charge on any atom is -0.465 e. The summed E-state index contributed by atoms with van der Waals surface area (Å²) in [5.41, 5.74) is 0.824. The van der Waals surface area contributed by atoms with Gasteiger partial charge in [-0.05, 0) is 92.6 Å². The highest BCUT2D eigenvalue weighted by molar-refractivity contribution is 9.10. The Morgan fingerprint density at radius 2 is 1.26 bits per heavy atom. The van der Waals surface area contributed by atoms with Gasteiger partial charge in [-0.15, -0.1) is 0 Å². The highest BCUT2D eigenvalue weighted by Gasteiger charge is 2.58. The van der Waals surface area contributed by atoms with Gasteiger partial charge in [0.05, 0.1) is 18.0 Å². The number of amides is 3. The maximum Gasteiger partial charge on any atom is 0.327 e. The van der Waals surface area contributed by atoms with Gasteiger partial charge in [-0.25, -0.2) is 19.8 Å². The van der Waals surface area contributed by atoms with Crippen molar-refractivity contribution in [2.24, 2.45) is 9.98 Å². The molecule has 11 nitrogen and oxygen atoms in total. The summed E-state index contributed by atoms with van der Waals surface area (Å²) >= 11 is 31.3. The van der Waals surface area contributed by atoms with Gasteiger partial charge in [-0.1, -0.05) is 103 Å². The zero-order valence-corrected chi connectivity index (χ0v) is 36.9. The number of anilines is 2. The molecule has 4 aromatic carbocycles. The molecule has 3 amide bonds. The lowest BCUT2D eigenvalue weighted by atomic mass is 9.91. The number of carbonyl (C=O) groups excluding carboxylic acids is 4. The molecule has 3 aliphatic heterocycles. The van der Waals surface area contributed by atoms with E-state index in [1.165, 1.54) is 14.7 Å². The maximum absolute atomic E-state index is 13.5. The quantitative estimate of drug-likeness (QED) is 0.167. The van der Waals surface area contributed by atoms with Crippen LogP contribution in [0.1, 0.15) is 31.9 Å². The first-order valence-electron chi connectivity index (χ1n) is 17.5. The number of hydrogen-bond donors (Lipinski definition) is 1. The molecule has 0 saturated carbocycles. The van der Waals surface area contributed by atoms with Crippen molar-refractivity contribution in [1.82, 2.24) is 10.2 Å². The predicted molar refractivity (Wildman–Crippen MR) is 232 cm³/mol. The number of aliphatic imine (C=N–C) groups is 2. The van der Waals surface area contributed by atoms with Gasteiger partial charge in [0.15, 0.2) is 0 Å². The Bertz CT molecular complexity index is 2270. The number of esters is 1. The van der Waals surface area contributed by atoms with Crippen LogP contribution in [0.3, 0.4) is 0 Å². The Balaban J connectivity index is 0.000000194. The van der Waals surface area contributed by atoms with Crippen molar-refractivity contribution in [3.63, 3.8) is 0 Å². The van der Waals surface area contributed by atoms with Crippen LogP contribution in [0.15, 0.2) is 104 Å². The fourth-order valence-electron chi connectivity index (χ4n) is 6.73. The van der Waals surface area contributed by atoms with Gasteiger partial charge < -0.3 is 10.1 Å². The van der Waals surface area contributed by atoms with Crippen LogP contribution in [0.2, 0.25) is 20.1 Å². The molecule has 4 aromatic rings. The van der Waals surface area contributed by atoms with Gasteiger partial charge in [0, 0.05) is 41.9 Å². The Kier molecular flexibility index (Phi) is 13.1. The minimum absolute atomic E-state index is 0.0172. The van der Waals surface area contributed by atoms with Crippen LogP contribution in [0.4, 0.5) is 11.4 Å². The van der Waals surface area contributed by atoms with Crippen molar-refractivity contribution < 1.29 is 23.9 Å². The number of guanidine groups is 2. The zero-order valence-electron chi connectivity index (χ0n) is 30.7. The lowest BCUT2D eigenvalue weighted by Gasteiger charge is -2.29. The minimum atomic E-state index is -1.07. The van der Waals surface area contributed by atoms with E-state index in [0.29, 0.717) is 50.3 Å². The Morgan fingerprint density at radius 3 is 1.77 bits per heavy atom. The van der Waals surface area contributed by atoms with Crippen molar-refractivity contribution in [2.75, 3.05) is 29.5 Å². The highest BCUT2D eigenvalue weighted by atomic mass is 79.9. The summed E-state index contributed by atoms with van der Waals surface area (Å²) in [5.74, 6) is -0.589. The fourth-order valence-corrected chi connectivity index (χ4v) is 8.29. The third kappa shape index (κ3) is 9.34. The topological polar surface area (TPSA) is 124 Å². The number of nitrogens with one attached hydrogen (secondary N) is 1. The fraction of sp³-hybridized carbons (Fsp3) is 0.250. The standard InChI is InChI=1S/C21H20BrCl2N3O3.C19H14BrCl2N3O2/c1-3-30-18(28)12-25-20-26-21(2,11-13-4-6-14(22)7-5-13)19(29)27(20)17-9-15(23)8-16(24)10-17;1-19(9-11-2-4-12(20)5-3-11)17(27)24(18-23-10-16(26)25(18)19)15-7-13(21)6-14(22)8-15/h4-10H,3,11-12H2,1-2H3,(H,25,26);2-8H,9-10H2,1H3/t21-;19-/m11/s1. The molecule has 2 atom stereocenters. The second-order valence-corrected chi connectivity index (χ2v) is 17.2. The predicted octanol–water partition coefficient (Wildman–Crippen LogP) is 8.91. The number of rotatable bonds is 9. The number of carbonyl (C=O) groups is 4. The molecule has 2 saturated heterocycles. The Morgan fingerprint density at radius 1 is 0.772 bits per heavy atom. The summed E-state index contributed by atoms with van der Waals surface area (Å²) < 4.78 is 6.84. The number of nitrogens with zero attached hydrogens (tertiary/aromatic N) is 5. The van der Waals surface area contributed by atoms with Crippen LogP contribution >= 0.6 is 78.3 Å². The molecule has 0 aromatic heterocycles. The highest BCUT2D eigenvalue weighted by Crippen LogP contribution is 2.39. The normalized spacial score (nSPS) is 20.7. The third-order valence-electron chi connectivity index (χ3n) is 9.24. The summed E-state index contributed by atoms with van der Waals surface area (Å²) in [7, 11) is 0. The molecule has 0 unspecified atom stereocenters. The molecule has 0 radical (unpaired) electrons. The van der Waals surface area contributed by atoms with Gasteiger partial charge in [-0.3, -0.25) is 24.1 Å². The summed E-state index contributed by atoms with van der Waals surface area (Å²) in [6, 6.07) is 25.1. The van der Waals surface area contributed by atoms with Crippen molar-refractivity contribution in [2.45, 2.75) is 44.7 Å². The average Bonchev–Trinajstić information content (AvgIpc) is 3.72. The number of halogens is 6. The van der Waals surface area contributed by atoms with E-state index in [9.17, 15) is 19.2 Å². The van der Waals surface area contributed by atoms with Gasteiger partial charge in [0.1, 0.15) is 24.2 Å². The van der Waals surface area contributed by atoms with Crippen LogP contribution < -0.4 is 15.1 Å². The van der Waals surface area contributed by atoms with E-state index in [0.717, 1.165) is 20.1 Å². The summed E-state index contributed by atoms with van der Waals surface area (Å²) in [5, 5.41) is 4.77. The maximum atomic E-state index is 13.5. The molecule has 296 valence electrons. The zero-order chi connectivity index (χ0) is 41.2. The molecule has 0 spiro atoms. The number of fused-ring (bicyclic) bond motifs is 1. The molecule has 0 aliphatic carbocycles. The average molecular weight is 980 g/mol. The smallest absolute Gasteiger partial charge is 0.327 e. The van der Waals surface area contributed by atoms with E-state index in [-0.39, 0.29) is 43.4 Å². The lowest BCUT2D eigenvalue weighted by Crippen LogP contribution is -2.50. The Labute approximate surface area is 366 Å². The second kappa shape index (κ2) is 17.5. The molecule has 1 N–H and O–H groups in total. The molecule has 3 aliphatic rings. The lowest BCUT2D eigenvalue weighted by molar-refractivity contribution is -0.141. The van der Waals surface area contributed by atoms with E-state index >= 15 is 0 Å². The molecule has 57 heavy (non-hydrogen) atoms. The first kappa shape index (κ1) is 42.6. The SMILES string of the molecule is CCOC(=O)CN=C1N[C@](C)(Cc2ccc(Br)cc2)C(=O)N1c1cc(Cl)cc(Cl)c1.C[C@@]1(Cc2ccc(Br)cc2)C(=O)N(c2cc(Cl)cc(Cl)c2)C2=NCC(=O)N21. The monoisotopic (exact) mass is 976 g/mol. The molecular weight excluding hydrogens is 946 g/mol. The molecule has 7 rings (SSSR count). The van der Waals surface area contributed by atoms with E-state index in [4.69, 9.17) is 51.1 Å². The van der Waals surface area contributed by atoms with Crippen LogP contribution in [-0.4, -0.2) is 71.3 Å². The van der Waals surface area contributed by atoms with E-state index in [2.05, 4.69) is 47.2 Å². The van der Waals surface area contributed by atoms with Gasteiger partial charge in [-0.2, -0.15) is 0 Å². The first-order valence-corrected chi connectivity index (χ1v) is 20.6. The summed E-state index contributed by atoms with van der Waals surface area (Å²) in [6.07, 6.45) is 0.789. The van der Waals surface area contributed by atoms with Gasteiger partial charge in [0.2, 0.25) is 11.9 Å². The van der Waals surface area contributed by atoms with Crippen molar-refractivity contribution in [3.8, 4) is 0 Å². The number of ether oxygens (including phenoxy) is 1. The molecular formula is C40H34Br2Cl4N6O5. The van der Waals surface area contributed by atoms with E-state index in [1.807, 2.05) is 48.5 Å². The van der Waals surface area contributed by atoms with Crippen LogP contribution in [0.5, 0.6) is 0 Å². The third-order valence-corrected chi connectivity index (χ3v) is 11.2. The summed E-state index contributed by atoms with van der Waals surface area (Å²) in [4.78, 5) is 64.2. The molecule has 2 fully saturated rings. The summed E-state index contributed by atoms with van der Waals surface area (Å²) in [6.45, 7) is 5.33. The van der Waals surface area contributed by atoms with Crippen molar-refractivity contribution >= 4 is 125 Å². The van der Waals surface area contributed by atoms with E-state index < -0.39 is 17.0 Å². The number of benzene rings is 4. The number of hydrogen-bond acceptors (Lipinski definition) is 7. The van der Waals surface area contributed by atoms with Gasteiger partial charge >= 0.3 is 5.97 Å². The van der Waals surface area contributed by atoms with Crippen LogP contribution in [0, 0.1) is 0 Å². The molecule has 0 bridgehead atoms. The van der Waals surface area contributed by atoms with Crippen molar-refractivity contribution in [3.05, 3.63) is 125 Å². The second-order valence-electron chi connectivity index (χ2n) is 13.7. The van der Waals surface area contributed by atoms with E-state index in [1.54, 1.807) is 57.2 Å². The van der Waals surface area contributed by atoms with Crippen molar-refractivity contribution in [1.29, 1.82) is 0 Å². The molecule has 17 heteroatoms. The van der Waals surface area contributed by atoms with Crippen LogP contribution in [0.25, 0.3) is 0 Å². The van der Waals surface area contributed by atoms with Gasteiger partial charge in [0.25, 0.3) is 17.7 Å². The molecule has 3 heterocycles. The Hall–Kier alpha value is -3.98. The largest absolute Gasteiger partial charge is 0.465 e.